The fraction of sp³-hybridized carbons (Fsp3) is 0.471. The zero-order valence-corrected chi connectivity index (χ0v) is 14.6. The quantitative estimate of drug-likeness (QED) is 0.843. The Kier molecular flexibility index (Phi) is 6.20. The van der Waals surface area contributed by atoms with Crippen LogP contribution in [0, 0.1) is 0 Å². The van der Waals surface area contributed by atoms with Crippen molar-refractivity contribution in [3.63, 3.8) is 0 Å². The van der Waals surface area contributed by atoms with Crippen molar-refractivity contribution in [1.29, 1.82) is 0 Å². The fourth-order valence-corrected chi connectivity index (χ4v) is 2.95. The number of halogens is 1. The van der Waals surface area contributed by atoms with Crippen LogP contribution >= 0.6 is 11.6 Å². The summed E-state index contributed by atoms with van der Waals surface area (Å²) in [6.45, 7) is 3.91. The molecule has 24 heavy (non-hydrogen) atoms. The van der Waals surface area contributed by atoms with Crippen molar-refractivity contribution in [2.75, 3.05) is 6.54 Å². The van der Waals surface area contributed by atoms with Gasteiger partial charge in [0.15, 0.2) is 0 Å². The lowest BCUT2D eigenvalue weighted by atomic mass is 10.1. The predicted octanol–water partition coefficient (Wildman–Crippen LogP) is 1.47. The minimum absolute atomic E-state index is 0.175. The molecule has 3 amide bonds. The summed E-state index contributed by atoms with van der Waals surface area (Å²) in [6.07, 6.45) is 1.41. The van der Waals surface area contributed by atoms with E-state index in [1.807, 2.05) is 12.1 Å². The molecule has 1 aliphatic heterocycles. The molecule has 1 saturated heterocycles. The molecule has 0 saturated carbocycles. The average Bonchev–Trinajstić information content (AvgIpc) is 3.02. The van der Waals surface area contributed by atoms with Crippen LogP contribution in [0.1, 0.15) is 32.3 Å². The molecule has 1 heterocycles. The molecule has 2 atom stereocenters. The van der Waals surface area contributed by atoms with Crippen molar-refractivity contribution >= 4 is 29.3 Å². The van der Waals surface area contributed by atoms with Crippen molar-refractivity contribution in [1.82, 2.24) is 15.5 Å². The van der Waals surface area contributed by atoms with Gasteiger partial charge in [-0.2, -0.15) is 0 Å². The summed E-state index contributed by atoms with van der Waals surface area (Å²) >= 11 is 5.84. The molecule has 0 bridgehead atoms. The van der Waals surface area contributed by atoms with Crippen LogP contribution in [-0.4, -0.2) is 41.2 Å². The van der Waals surface area contributed by atoms with E-state index in [2.05, 4.69) is 10.6 Å². The highest BCUT2D eigenvalue weighted by Gasteiger charge is 2.35. The molecule has 1 fully saturated rings. The lowest BCUT2D eigenvalue weighted by Gasteiger charge is -2.27. The lowest BCUT2D eigenvalue weighted by Crippen LogP contribution is -2.52. The van der Waals surface area contributed by atoms with Gasteiger partial charge in [-0.05, 0) is 37.5 Å². The minimum Gasteiger partial charge on any atom is -0.350 e. The second-order valence-electron chi connectivity index (χ2n) is 5.96. The first-order valence-electron chi connectivity index (χ1n) is 7.98. The summed E-state index contributed by atoms with van der Waals surface area (Å²) in [5.41, 5.74) is 0.940. The summed E-state index contributed by atoms with van der Waals surface area (Å²) in [5.74, 6) is -0.668. The van der Waals surface area contributed by atoms with E-state index < -0.39 is 12.1 Å². The first-order valence-corrected chi connectivity index (χ1v) is 8.36. The van der Waals surface area contributed by atoms with Gasteiger partial charge < -0.3 is 15.5 Å². The number of likely N-dealkylation sites (tertiary alicyclic amines) is 1. The molecule has 1 aromatic carbocycles. The molecule has 6 nitrogen and oxygen atoms in total. The summed E-state index contributed by atoms with van der Waals surface area (Å²) in [4.78, 5) is 37.5. The molecular formula is C17H22ClN3O3. The zero-order valence-electron chi connectivity index (χ0n) is 13.8. The largest absolute Gasteiger partial charge is 0.350 e. The molecule has 1 aliphatic rings. The van der Waals surface area contributed by atoms with Gasteiger partial charge in [-0.1, -0.05) is 23.7 Å². The fourth-order valence-electron chi connectivity index (χ4n) is 2.83. The van der Waals surface area contributed by atoms with E-state index in [9.17, 15) is 14.4 Å². The van der Waals surface area contributed by atoms with Gasteiger partial charge in [0, 0.05) is 25.0 Å². The van der Waals surface area contributed by atoms with Crippen molar-refractivity contribution in [2.24, 2.45) is 0 Å². The van der Waals surface area contributed by atoms with Gasteiger partial charge >= 0.3 is 0 Å². The number of hydrogen-bond acceptors (Lipinski definition) is 3. The van der Waals surface area contributed by atoms with E-state index in [4.69, 9.17) is 11.6 Å². The molecule has 1 aromatic rings. The topological polar surface area (TPSA) is 78.5 Å². The maximum atomic E-state index is 12.4. The third-order valence-corrected chi connectivity index (χ3v) is 4.26. The number of amides is 3. The number of nitrogens with zero attached hydrogens (tertiary/aromatic N) is 1. The van der Waals surface area contributed by atoms with Gasteiger partial charge in [-0.15, -0.1) is 0 Å². The van der Waals surface area contributed by atoms with Gasteiger partial charge in [0.1, 0.15) is 12.1 Å². The van der Waals surface area contributed by atoms with Crippen LogP contribution in [0.3, 0.4) is 0 Å². The van der Waals surface area contributed by atoms with E-state index in [1.54, 1.807) is 24.0 Å². The lowest BCUT2D eigenvalue weighted by molar-refractivity contribution is -0.140. The Morgan fingerprint density at radius 1 is 1.29 bits per heavy atom. The van der Waals surface area contributed by atoms with Crippen molar-refractivity contribution in [2.45, 2.75) is 45.3 Å². The molecule has 0 radical (unpaired) electrons. The van der Waals surface area contributed by atoms with Gasteiger partial charge in [-0.3, -0.25) is 14.4 Å². The van der Waals surface area contributed by atoms with Crippen LogP contribution in [0.15, 0.2) is 24.3 Å². The molecule has 2 rings (SSSR count). The Morgan fingerprint density at radius 3 is 2.58 bits per heavy atom. The highest BCUT2D eigenvalue weighted by Crippen LogP contribution is 2.19. The molecule has 0 spiro atoms. The van der Waals surface area contributed by atoms with E-state index >= 15 is 0 Å². The molecule has 2 N–H and O–H groups in total. The SMILES string of the molecule is CC(=O)NC(C)C(=O)N1CCCC1C(=O)NCc1ccc(Cl)cc1. The summed E-state index contributed by atoms with van der Waals surface area (Å²) in [7, 11) is 0. The Labute approximate surface area is 146 Å². The second kappa shape index (κ2) is 8.15. The number of carbonyl (C=O) groups excluding carboxylic acids is 3. The van der Waals surface area contributed by atoms with E-state index in [-0.39, 0.29) is 17.7 Å². The summed E-state index contributed by atoms with van der Waals surface area (Å²) in [5, 5.41) is 6.07. The molecule has 0 aromatic heterocycles. The Morgan fingerprint density at radius 2 is 1.96 bits per heavy atom. The number of carbonyl (C=O) groups is 3. The second-order valence-corrected chi connectivity index (χ2v) is 6.39. The number of nitrogens with one attached hydrogen (secondary N) is 2. The Bertz CT molecular complexity index is 618. The maximum absolute atomic E-state index is 12.4. The van der Waals surface area contributed by atoms with Gasteiger partial charge in [0.2, 0.25) is 17.7 Å². The van der Waals surface area contributed by atoms with Gasteiger partial charge in [0.25, 0.3) is 0 Å². The van der Waals surface area contributed by atoms with Crippen LogP contribution in [0.25, 0.3) is 0 Å². The monoisotopic (exact) mass is 351 g/mol. The Balaban J connectivity index is 1.93. The van der Waals surface area contributed by atoms with Crippen LogP contribution in [-0.2, 0) is 20.9 Å². The minimum atomic E-state index is -0.632. The van der Waals surface area contributed by atoms with Crippen LogP contribution in [0.2, 0.25) is 5.02 Å². The maximum Gasteiger partial charge on any atom is 0.245 e. The van der Waals surface area contributed by atoms with Crippen molar-refractivity contribution in [3.8, 4) is 0 Å². The third-order valence-electron chi connectivity index (χ3n) is 4.01. The van der Waals surface area contributed by atoms with E-state index in [0.717, 1.165) is 12.0 Å². The van der Waals surface area contributed by atoms with Crippen LogP contribution < -0.4 is 10.6 Å². The Hall–Kier alpha value is -2.08. The van der Waals surface area contributed by atoms with Crippen molar-refractivity contribution in [3.05, 3.63) is 34.9 Å². The zero-order chi connectivity index (χ0) is 17.7. The predicted molar refractivity (Wildman–Crippen MR) is 91.3 cm³/mol. The molecule has 130 valence electrons. The third kappa shape index (κ3) is 4.71. The highest BCUT2D eigenvalue weighted by molar-refractivity contribution is 6.30. The van der Waals surface area contributed by atoms with Gasteiger partial charge in [0.05, 0.1) is 0 Å². The molecular weight excluding hydrogens is 330 g/mol. The van der Waals surface area contributed by atoms with E-state index in [1.165, 1.54) is 6.92 Å². The van der Waals surface area contributed by atoms with Crippen LogP contribution in [0.5, 0.6) is 0 Å². The van der Waals surface area contributed by atoms with Crippen LogP contribution in [0.4, 0.5) is 0 Å². The standard InChI is InChI=1S/C17H22ClN3O3/c1-11(20-12(2)22)17(24)21-9-3-4-15(21)16(23)19-10-13-5-7-14(18)8-6-13/h5-8,11,15H,3-4,9-10H2,1-2H3,(H,19,23)(H,20,22). The number of rotatable bonds is 5. The smallest absolute Gasteiger partial charge is 0.245 e. The average molecular weight is 352 g/mol. The first-order chi connectivity index (χ1) is 11.4. The molecule has 2 unspecified atom stereocenters. The summed E-state index contributed by atoms with van der Waals surface area (Å²) < 4.78 is 0. The normalized spacial score (nSPS) is 18.1. The molecule has 7 heteroatoms. The van der Waals surface area contributed by atoms with Crippen molar-refractivity contribution < 1.29 is 14.4 Å². The van der Waals surface area contributed by atoms with E-state index in [0.29, 0.717) is 24.5 Å². The van der Waals surface area contributed by atoms with Gasteiger partial charge in [-0.25, -0.2) is 0 Å². The first kappa shape index (κ1) is 18.3. The highest BCUT2D eigenvalue weighted by atomic mass is 35.5. The summed E-state index contributed by atoms with van der Waals surface area (Å²) in [6, 6.07) is 6.11. The number of benzene rings is 1. The number of hydrogen-bond donors (Lipinski definition) is 2. The molecule has 0 aliphatic carbocycles.